The number of benzene rings is 3. The van der Waals surface area contributed by atoms with Gasteiger partial charge in [-0.1, -0.05) is 17.7 Å². The summed E-state index contributed by atoms with van der Waals surface area (Å²) in [7, 11) is 0. The molecule has 136 valence electrons. The van der Waals surface area contributed by atoms with E-state index in [1.54, 1.807) is 12.1 Å². The number of hydrogen-bond donors (Lipinski definition) is 2. The van der Waals surface area contributed by atoms with Gasteiger partial charge in [0.25, 0.3) is 11.8 Å². The van der Waals surface area contributed by atoms with Gasteiger partial charge in [0.1, 0.15) is 11.6 Å². The Kier molecular flexibility index (Phi) is 5.26. The molecule has 27 heavy (non-hydrogen) atoms. The largest absolute Gasteiger partial charge is 0.322 e. The van der Waals surface area contributed by atoms with Crippen molar-refractivity contribution >= 4 is 23.2 Å². The molecule has 2 amide bonds. The first-order chi connectivity index (χ1) is 12.9. The van der Waals surface area contributed by atoms with Gasteiger partial charge in [0.05, 0.1) is 5.69 Å². The van der Waals surface area contributed by atoms with Gasteiger partial charge in [0.15, 0.2) is 0 Å². The fourth-order valence-electron chi connectivity index (χ4n) is 2.40. The number of carbonyl (C=O) groups is 2. The summed E-state index contributed by atoms with van der Waals surface area (Å²) in [5.41, 5.74) is 2.24. The second-order valence-corrected chi connectivity index (χ2v) is 5.98. The van der Waals surface area contributed by atoms with Crippen molar-refractivity contribution in [2.75, 3.05) is 10.6 Å². The maximum absolute atomic E-state index is 13.6. The SMILES string of the molecule is Cc1ccc(NC(=O)c2ccc(C(=O)Nc3ccc(F)cc3F)cc2)cc1. The van der Waals surface area contributed by atoms with Crippen LogP contribution in [0.15, 0.2) is 66.7 Å². The third kappa shape index (κ3) is 4.55. The highest BCUT2D eigenvalue weighted by molar-refractivity contribution is 6.07. The van der Waals surface area contributed by atoms with Gasteiger partial charge in [-0.2, -0.15) is 0 Å². The molecule has 0 atom stereocenters. The number of hydrogen-bond acceptors (Lipinski definition) is 2. The Bertz CT molecular complexity index is 984. The smallest absolute Gasteiger partial charge is 0.255 e. The summed E-state index contributed by atoms with van der Waals surface area (Å²) in [4.78, 5) is 24.4. The summed E-state index contributed by atoms with van der Waals surface area (Å²) in [5, 5.41) is 5.13. The number of anilines is 2. The third-order valence-corrected chi connectivity index (χ3v) is 3.90. The van der Waals surface area contributed by atoms with Gasteiger partial charge < -0.3 is 10.6 Å². The van der Waals surface area contributed by atoms with E-state index in [0.717, 1.165) is 17.7 Å². The van der Waals surface area contributed by atoms with E-state index in [2.05, 4.69) is 10.6 Å². The monoisotopic (exact) mass is 366 g/mol. The molecule has 0 aliphatic heterocycles. The van der Waals surface area contributed by atoms with Crippen LogP contribution in [-0.2, 0) is 0 Å². The zero-order chi connectivity index (χ0) is 19.4. The van der Waals surface area contributed by atoms with Crippen molar-refractivity contribution in [2.45, 2.75) is 6.92 Å². The Morgan fingerprint density at radius 1 is 0.741 bits per heavy atom. The maximum Gasteiger partial charge on any atom is 0.255 e. The lowest BCUT2D eigenvalue weighted by Gasteiger charge is -2.08. The fourth-order valence-corrected chi connectivity index (χ4v) is 2.40. The number of carbonyl (C=O) groups excluding carboxylic acids is 2. The van der Waals surface area contributed by atoms with E-state index in [0.29, 0.717) is 17.3 Å². The van der Waals surface area contributed by atoms with Gasteiger partial charge in [-0.15, -0.1) is 0 Å². The Morgan fingerprint density at radius 2 is 1.30 bits per heavy atom. The molecule has 0 bridgehead atoms. The molecular weight excluding hydrogens is 350 g/mol. The minimum atomic E-state index is -0.863. The molecule has 0 saturated heterocycles. The molecule has 0 unspecified atom stereocenters. The van der Waals surface area contributed by atoms with Crippen LogP contribution in [0.2, 0.25) is 0 Å². The average Bonchev–Trinajstić information content (AvgIpc) is 2.66. The molecule has 0 heterocycles. The molecule has 3 rings (SSSR count). The van der Waals surface area contributed by atoms with Crippen LogP contribution in [-0.4, -0.2) is 11.8 Å². The van der Waals surface area contributed by atoms with E-state index in [1.807, 2.05) is 19.1 Å². The summed E-state index contributed by atoms with van der Waals surface area (Å²) >= 11 is 0. The third-order valence-electron chi connectivity index (χ3n) is 3.90. The van der Waals surface area contributed by atoms with E-state index >= 15 is 0 Å². The van der Waals surface area contributed by atoms with Crippen LogP contribution in [0.5, 0.6) is 0 Å². The molecule has 0 radical (unpaired) electrons. The highest BCUT2D eigenvalue weighted by Crippen LogP contribution is 2.17. The molecule has 2 N–H and O–H groups in total. The average molecular weight is 366 g/mol. The van der Waals surface area contributed by atoms with Gasteiger partial charge in [-0.3, -0.25) is 9.59 Å². The minimum absolute atomic E-state index is 0.123. The van der Waals surface area contributed by atoms with E-state index < -0.39 is 17.5 Å². The first-order valence-electron chi connectivity index (χ1n) is 8.17. The zero-order valence-electron chi connectivity index (χ0n) is 14.4. The molecular formula is C21H16F2N2O2. The Labute approximate surface area is 154 Å². The lowest BCUT2D eigenvalue weighted by Crippen LogP contribution is -2.15. The zero-order valence-corrected chi connectivity index (χ0v) is 14.4. The minimum Gasteiger partial charge on any atom is -0.322 e. The standard InChI is InChI=1S/C21H16F2N2O2/c1-13-2-9-17(10-3-13)24-20(26)14-4-6-15(7-5-14)21(27)25-19-11-8-16(22)12-18(19)23/h2-12H,1H3,(H,24,26)(H,25,27). The molecule has 0 spiro atoms. The molecule has 3 aromatic rings. The predicted molar refractivity (Wildman–Crippen MR) is 99.9 cm³/mol. The normalized spacial score (nSPS) is 10.3. The van der Waals surface area contributed by atoms with Gasteiger partial charge in [-0.25, -0.2) is 8.78 Å². The van der Waals surface area contributed by atoms with Gasteiger partial charge in [0.2, 0.25) is 0 Å². The van der Waals surface area contributed by atoms with Gasteiger partial charge >= 0.3 is 0 Å². The topological polar surface area (TPSA) is 58.2 Å². The van der Waals surface area contributed by atoms with E-state index in [-0.39, 0.29) is 17.2 Å². The van der Waals surface area contributed by atoms with Crippen LogP contribution in [0.25, 0.3) is 0 Å². The van der Waals surface area contributed by atoms with Crippen LogP contribution in [0.1, 0.15) is 26.3 Å². The van der Waals surface area contributed by atoms with Crippen LogP contribution in [0, 0.1) is 18.6 Å². The molecule has 0 saturated carbocycles. The summed E-state index contributed by atoms with van der Waals surface area (Å²) in [6.45, 7) is 1.95. The molecule has 0 fully saturated rings. The Morgan fingerprint density at radius 3 is 1.85 bits per heavy atom. The first-order valence-corrected chi connectivity index (χ1v) is 8.17. The number of nitrogens with one attached hydrogen (secondary N) is 2. The number of amides is 2. The Balaban J connectivity index is 1.67. The van der Waals surface area contributed by atoms with Crippen molar-refractivity contribution in [2.24, 2.45) is 0 Å². The summed E-state index contributed by atoms with van der Waals surface area (Å²) in [5.74, 6) is -2.46. The number of rotatable bonds is 4. The highest BCUT2D eigenvalue weighted by Gasteiger charge is 2.12. The molecule has 0 aliphatic rings. The van der Waals surface area contributed by atoms with Crippen LogP contribution in [0.3, 0.4) is 0 Å². The quantitative estimate of drug-likeness (QED) is 0.698. The van der Waals surface area contributed by atoms with Gasteiger partial charge in [-0.05, 0) is 55.5 Å². The molecule has 3 aromatic carbocycles. The van der Waals surface area contributed by atoms with Crippen molar-refractivity contribution in [3.63, 3.8) is 0 Å². The van der Waals surface area contributed by atoms with Crippen molar-refractivity contribution in [3.8, 4) is 0 Å². The van der Waals surface area contributed by atoms with E-state index in [9.17, 15) is 18.4 Å². The first kappa shape index (κ1) is 18.3. The molecule has 0 aliphatic carbocycles. The van der Waals surface area contributed by atoms with Crippen molar-refractivity contribution in [1.29, 1.82) is 0 Å². The summed E-state index contributed by atoms with van der Waals surface area (Å²) in [6, 6.07) is 16.2. The summed E-state index contributed by atoms with van der Waals surface area (Å²) in [6.07, 6.45) is 0. The number of aryl methyl sites for hydroxylation is 1. The van der Waals surface area contributed by atoms with E-state index in [4.69, 9.17) is 0 Å². The number of halogens is 2. The Hall–Kier alpha value is -3.54. The molecule has 0 aromatic heterocycles. The maximum atomic E-state index is 13.6. The predicted octanol–water partition coefficient (Wildman–Crippen LogP) is 4.78. The summed E-state index contributed by atoms with van der Waals surface area (Å²) < 4.78 is 26.5. The molecule has 4 nitrogen and oxygen atoms in total. The lowest BCUT2D eigenvalue weighted by atomic mass is 10.1. The van der Waals surface area contributed by atoms with Crippen LogP contribution in [0.4, 0.5) is 20.2 Å². The highest BCUT2D eigenvalue weighted by atomic mass is 19.1. The van der Waals surface area contributed by atoms with Gasteiger partial charge in [0, 0.05) is 22.9 Å². The lowest BCUT2D eigenvalue weighted by molar-refractivity contribution is 0.101. The van der Waals surface area contributed by atoms with Crippen molar-refractivity contribution < 1.29 is 18.4 Å². The fraction of sp³-hybridized carbons (Fsp3) is 0.0476. The van der Waals surface area contributed by atoms with Crippen LogP contribution < -0.4 is 10.6 Å². The molecule has 6 heteroatoms. The second kappa shape index (κ2) is 7.78. The van der Waals surface area contributed by atoms with Crippen molar-refractivity contribution in [1.82, 2.24) is 0 Å². The second-order valence-electron chi connectivity index (χ2n) is 5.98. The van der Waals surface area contributed by atoms with E-state index in [1.165, 1.54) is 24.3 Å². The van der Waals surface area contributed by atoms with Crippen LogP contribution >= 0.6 is 0 Å². The van der Waals surface area contributed by atoms with Crippen molar-refractivity contribution in [3.05, 3.63) is 95.1 Å².